The minimum atomic E-state index is -0.384. The van der Waals surface area contributed by atoms with Gasteiger partial charge in [-0.05, 0) is 63.1 Å². The van der Waals surface area contributed by atoms with Crippen molar-refractivity contribution in [3.63, 3.8) is 0 Å². The first-order valence-electron chi connectivity index (χ1n) is 3.12. The molecule has 5 heteroatoms. The molecule has 0 aliphatic rings. The number of aryl methyl sites for hydroxylation is 1. The van der Waals surface area contributed by atoms with Crippen LogP contribution in [0, 0.1) is 20.6 Å². The summed E-state index contributed by atoms with van der Waals surface area (Å²) < 4.78 is 1.20. The Labute approximate surface area is 91.6 Å². The maximum Gasteiger partial charge on any atom is 0.296 e. The van der Waals surface area contributed by atoms with Gasteiger partial charge in [0.15, 0.2) is 0 Å². The molecule has 0 atom stereocenters. The number of hydrogen-bond acceptors (Lipinski definition) is 2. The van der Waals surface area contributed by atoms with E-state index in [1.807, 2.05) is 29.5 Å². The Morgan fingerprint density at radius 1 is 1.58 bits per heavy atom. The first-order chi connectivity index (χ1) is 5.52. The quantitative estimate of drug-likeness (QED) is 0.447. The molecule has 0 fully saturated rings. The summed E-state index contributed by atoms with van der Waals surface area (Å²) in [4.78, 5) is 10.1. The number of nitrogens with zero attached hydrogens (tertiary/aromatic N) is 1. The van der Waals surface area contributed by atoms with Gasteiger partial charge in [-0.25, -0.2) is 0 Å². The normalized spacial score (nSPS) is 9.92. The topological polar surface area (TPSA) is 43.1 Å². The van der Waals surface area contributed by atoms with Crippen LogP contribution < -0.4 is 0 Å². The molecule has 0 spiro atoms. The molecule has 0 amide bonds. The number of nitro benzene ring substituents is 1. The molecule has 0 aliphatic carbocycles. The molecule has 0 heterocycles. The van der Waals surface area contributed by atoms with Crippen LogP contribution in [0.2, 0.25) is 0 Å². The van der Waals surface area contributed by atoms with Gasteiger partial charge in [0, 0.05) is 0 Å². The fourth-order valence-electron chi connectivity index (χ4n) is 0.867. The number of rotatable bonds is 1. The van der Waals surface area contributed by atoms with Crippen molar-refractivity contribution in [3.8, 4) is 0 Å². The summed E-state index contributed by atoms with van der Waals surface area (Å²) in [6.07, 6.45) is 0. The lowest BCUT2D eigenvalue weighted by Gasteiger charge is -1.99. The highest BCUT2D eigenvalue weighted by Gasteiger charge is 2.16. The minimum absolute atomic E-state index is 0.140. The van der Waals surface area contributed by atoms with Gasteiger partial charge >= 0.3 is 0 Å². The Balaban J connectivity index is 3.38. The van der Waals surface area contributed by atoms with Crippen molar-refractivity contribution in [1.82, 2.24) is 0 Å². The van der Waals surface area contributed by atoms with Crippen molar-refractivity contribution in [3.05, 3.63) is 35.9 Å². The molecular weight excluding hydrogens is 337 g/mol. The second-order valence-electron chi connectivity index (χ2n) is 2.33. The standard InChI is InChI=1S/C7H5BrINO2/c1-4-2-5(8)7(10(11)12)6(9)3-4/h2-3H,1H3. The van der Waals surface area contributed by atoms with E-state index in [0.29, 0.717) is 8.04 Å². The molecule has 0 aliphatic heterocycles. The number of hydrogen-bond donors (Lipinski definition) is 0. The third kappa shape index (κ3) is 1.95. The molecule has 0 radical (unpaired) electrons. The monoisotopic (exact) mass is 341 g/mol. The molecular formula is C7H5BrINO2. The molecule has 64 valence electrons. The van der Waals surface area contributed by atoms with Crippen LogP contribution in [-0.2, 0) is 0 Å². The van der Waals surface area contributed by atoms with E-state index in [1.165, 1.54) is 0 Å². The van der Waals surface area contributed by atoms with Gasteiger partial charge in [0.1, 0.15) is 0 Å². The van der Waals surface area contributed by atoms with Crippen LogP contribution in [0.5, 0.6) is 0 Å². The van der Waals surface area contributed by atoms with Crippen molar-refractivity contribution in [2.24, 2.45) is 0 Å². The Morgan fingerprint density at radius 2 is 2.17 bits per heavy atom. The second kappa shape index (κ2) is 3.69. The summed E-state index contributed by atoms with van der Waals surface area (Å²) in [6, 6.07) is 3.52. The fourth-order valence-corrected chi connectivity index (χ4v) is 2.94. The zero-order chi connectivity index (χ0) is 9.30. The SMILES string of the molecule is Cc1cc(Br)c([N+](=O)[O-])c(I)c1. The zero-order valence-electron chi connectivity index (χ0n) is 6.17. The van der Waals surface area contributed by atoms with Gasteiger partial charge in [0.25, 0.3) is 5.69 Å². The van der Waals surface area contributed by atoms with Crippen LogP contribution in [0.15, 0.2) is 16.6 Å². The predicted molar refractivity (Wildman–Crippen MR) is 58.3 cm³/mol. The number of halogens is 2. The first kappa shape index (κ1) is 9.91. The van der Waals surface area contributed by atoms with Gasteiger partial charge in [-0.15, -0.1) is 0 Å². The highest BCUT2D eigenvalue weighted by atomic mass is 127. The van der Waals surface area contributed by atoms with Gasteiger partial charge in [-0.2, -0.15) is 0 Å². The Kier molecular flexibility index (Phi) is 3.05. The third-order valence-corrected chi connectivity index (χ3v) is 2.77. The Bertz CT molecular complexity index is 317. The predicted octanol–water partition coefficient (Wildman–Crippen LogP) is 3.27. The fraction of sp³-hybridized carbons (Fsp3) is 0.143. The van der Waals surface area contributed by atoms with Crippen LogP contribution in [-0.4, -0.2) is 4.92 Å². The van der Waals surface area contributed by atoms with Crippen LogP contribution in [0.1, 0.15) is 5.56 Å². The molecule has 1 rings (SSSR count). The van der Waals surface area contributed by atoms with Crippen LogP contribution in [0.25, 0.3) is 0 Å². The van der Waals surface area contributed by atoms with Gasteiger partial charge in [0.2, 0.25) is 0 Å². The van der Waals surface area contributed by atoms with E-state index in [-0.39, 0.29) is 10.6 Å². The maximum absolute atomic E-state index is 10.5. The van der Waals surface area contributed by atoms with Crippen molar-refractivity contribution in [2.45, 2.75) is 6.92 Å². The average molecular weight is 342 g/mol. The zero-order valence-corrected chi connectivity index (χ0v) is 9.92. The highest BCUT2D eigenvalue weighted by Crippen LogP contribution is 2.30. The van der Waals surface area contributed by atoms with Gasteiger partial charge in [-0.3, -0.25) is 10.1 Å². The van der Waals surface area contributed by atoms with Crippen LogP contribution >= 0.6 is 38.5 Å². The number of nitro groups is 1. The summed E-state index contributed by atoms with van der Waals surface area (Å²) >= 11 is 5.11. The molecule has 12 heavy (non-hydrogen) atoms. The van der Waals surface area contributed by atoms with E-state index >= 15 is 0 Å². The van der Waals surface area contributed by atoms with Crippen LogP contribution in [0.3, 0.4) is 0 Å². The third-order valence-electron chi connectivity index (χ3n) is 1.34. The molecule has 0 aromatic heterocycles. The molecule has 0 N–H and O–H groups in total. The van der Waals surface area contributed by atoms with E-state index in [4.69, 9.17) is 0 Å². The summed E-state index contributed by atoms with van der Waals surface area (Å²) in [5.74, 6) is 0. The smallest absolute Gasteiger partial charge is 0.258 e. The van der Waals surface area contributed by atoms with Crippen molar-refractivity contribution in [2.75, 3.05) is 0 Å². The summed E-state index contributed by atoms with van der Waals surface area (Å²) in [5.41, 5.74) is 1.15. The maximum atomic E-state index is 10.5. The van der Waals surface area contributed by atoms with E-state index in [1.54, 1.807) is 12.1 Å². The molecule has 1 aromatic rings. The van der Waals surface area contributed by atoms with Crippen molar-refractivity contribution in [1.29, 1.82) is 0 Å². The van der Waals surface area contributed by atoms with Gasteiger partial charge in [-0.1, -0.05) is 0 Å². The average Bonchev–Trinajstić information content (AvgIpc) is 1.82. The largest absolute Gasteiger partial charge is 0.296 e. The lowest BCUT2D eigenvalue weighted by Crippen LogP contribution is -1.93. The first-order valence-corrected chi connectivity index (χ1v) is 4.99. The molecule has 3 nitrogen and oxygen atoms in total. The lowest BCUT2D eigenvalue weighted by molar-refractivity contribution is -0.386. The molecule has 0 bridgehead atoms. The Morgan fingerprint density at radius 3 is 2.58 bits per heavy atom. The molecule has 1 aromatic carbocycles. The van der Waals surface area contributed by atoms with Crippen LogP contribution in [0.4, 0.5) is 5.69 Å². The summed E-state index contributed by atoms with van der Waals surface area (Å²) in [7, 11) is 0. The summed E-state index contributed by atoms with van der Waals surface area (Å²) in [6.45, 7) is 1.90. The highest BCUT2D eigenvalue weighted by molar-refractivity contribution is 14.1. The second-order valence-corrected chi connectivity index (χ2v) is 4.35. The molecule has 0 unspecified atom stereocenters. The minimum Gasteiger partial charge on any atom is -0.258 e. The van der Waals surface area contributed by atoms with Crippen molar-refractivity contribution < 1.29 is 4.92 Å². The van der Waals surface area contributed by atoms with E-state index < -0.39 is 0 Å². The van der Waals surface area contributed by atoms with E-state index in [0.717, 1.165) is 5.56 Å². The van der Waals surface area contributed by atoms with Gasteiger partial charge < -0.3 is 0 Å². The van der Waals surface area contributed by atoms with E-state index in [2.05, 4.69) is 15.9 Å². The molecule has 0 saturated carbocycles. The summed E-state index contributed by atoms with van der Waals surface area (Å²) in [5, 5.41) is 10.5. The van der Waals surface area contributed by atoms with Gasteiger partial charge in [0.05, 0.1) is 13.0 Å². The number of benzene rings is 1. The molecule has 0 saturated heterocycles. The van der Waals surface area contributed by atoms with Crippen molar-refractivity contribution >= 4 is 44.2 Å². The Hall–Kier alpha value is -0.170. The lowest BCUT2D eigenvalue weighted by atomic mass is 10.2. The van der Waals surface area contributed by atoms with E-state index in [9.17, 15) is 10.1 Å².